The van der Waals surface area contributed by atoms with Gasteiger partial charge in [0.1, 0.15) is 5.76 Å². The Kier molecular flexibility index (Phi) is 4.36. The topological polar surface area (TPSA) is 41.3 Å². The van der Waals surface area contributed by atoms with Crippen LogP contribution in [0.15, 0.2) is 40.9 Å². The van der Waals surface area contributed by atoms with E-state index in [9.17, 15) is 0 Å². The molecule has 2 aromatic rings. The SMILES string of the molecule is CCC1CNC(c2ccccc2)CN1Cc1cc(C)on1. The Morgan fingerprint density at radius 2 is 2.14 bits per heavy atom. The lowest BCUT2D eigenvalue weighted by Gasteiger charge is -2.40. The maximum Gasteiger partial charge on any atom is 0.133 e. The molecule has 21 heavy (non-hydrogen) atoms. The lowest BCUT2D eigenvalue weighted by atomic mass is 10.0. The van der Waals surface area contributed by atoms with E-state index in [-0.39, 0.29) is 0 Å². The molecule has 2 heterocycles. The van der Waals surface area contributed by atoms with E-state index in [2.05, 4.69) is 52.6 Å². The standard InChI is InChI=1S/C17H23N3O/c1-3-16-10-18-17(14-7-5-4-6-8-14)12-20(16)11-15-9-13(2)21-19-15/h4-9,16-18H,3,10-12H2,1-2H3. The van der Waals surface area contributed by atoms with Crippen molar-refractivity contribution in [3.63, 3.8) is 0 Å². The van der Waals surface area contributed by atoms with Gasteiger partial charge in [-0.15, -0.1) is 0 Å². The minimum Gasteiger partial charge on any atom is -0.361 e. The smallest absolute Gasteiger partial charge is 0.133 e. The van der Waals surface area contributed by atoms with Crippen molar-refractivity contribution in [1.29, 1.82) is 0 Å². The van der Waals surface area contributed by atoms with E-state index in [1.54, 1.807) is 0 Å². The third-order valence-electron chi connectivity index (χ3n) is 4.25. The molecule has 1 fully saturated rings. The Hall–Kier alpha value is -1.65. The first-order valence-electron chi connectivity index (χ1n) is 7.71. The molecular weight excluding hydrogens is 262 g/mol. The van der Waals surface area contributed by atoms with Gasteiger partial charge in [0.2, 0.25) is 0 Å². The fourth-order valence-electron chi connectivity index (χ4n) is 3.06. The zero-order valence-electron chi connectivity index (χ0n) is 12.7. The highest BCUT2D eigenvalue weighted by atomic mass is 16.5. The second kappa shape index (κ2) is 6.41. The van der Waals surface area contributed by atoms with Gasteiger partial charge in [0.05, 0.1) is 5.69 Å². The van der Waals surface area contributed by atoms with Gasteiger partial charge >= 0.3 is 0 Å². The Bertz CT molecular complexity index is 566. The van der Waals surface area contributed by atoms with Crippen LogP contribution in [-0.2, 0) is 6.54 Å². The summed E-state index contributed by atoms with van der Waals surface area (Å²) in [6, 6.07) is 13.7. The van der Waals surface area contributed by atoms with Crippen molar-refractivity contribution < 1.29 is 4.52 Å². The van der Waals surface area contributed by atoms with Gasteiger partial charge in [-0.2, -0.15) is 0 Å². The molecule has 0 saturated carbocycles. The monoisotopic (exact) mass is 285 g/mol. The molecular formula is C17H23N3O. The Labute approximate surface area is 126 Å². The predicted molar refractivity (Wildman–Crippen MR) is 82.9 cm³/mol. The van der Waals surface area contributed by atoms with Crippen molar-refractivity contribution in [3.05, 3.63) is 53.4 Å². The minimum absolute atomic E-state index is 0.391. The fraction of sp³-hybridized carbons (Fsp3) is 0.471. The summed E-state index contributed by atoms with van der Waals surface area (Å²) in [7, 11) is 0. The molecule has 1 aromatic heterocycles. The number of aryl methyl sites for hydroxylation is 1. The number of hydrogen-bond donors (Lipinski definition) is 1. The molecule has 0 radical (unpaired) electrons. The van der Waals surface area contributed by atoms with Crippen LogP contribution in [0.1, 0.15) is 36.4 Å². The van der Waals surface area contributed by atoms with Crippen LogP contribution in [0, 0.1) is 6.92 Å². The van der Waals surface area contributed by atoms with E-state index in [0.29, 0.717) is 12.1 Å². The van der Waals surface area contributed by atoms with E-state index >= 15 is 0 Å². The molecule has 1 aliphatic rings. The van der Waals surface area contributed by atoms with Crippen molar-refractivity contribution in [2.75, 3.05) is 13.1 Å². The number of nitrogens with one attached hydrogen (secondary N) is 1. The summed E-state index contributed by atoms with van der Waals surface area (Å²) >= 11 is 0. The molecule has 1 aliphatic heterocycles. The van der Waals surface area contributed by atoms with E-state index < -0.39 is 0 Å². The van der Waals surface area contributed by atoms with Crippen molar-refractivity contribution in [2.45, 2.75) is 38.9 Å². The highest BCUT2D eigenvalue weighted by molar-refractivity contribution is 5.20. The Morgan fingerprint density at radius 1 is 1.33 bits per heavy atom. The number of benzene rings is 1. The summed E-state index contributed by atoms with van der Waals surface area (Å²) in [6.45, 7) is 7.08. The van der Waals surface area contributed by atoms with Crippen LogP contribution in [0.25, 0.3) is 0 Å². The highest BCUT2D eigenvalue weighted by Gasteiger charge is 2.28. The number of nitrogens with zero attached hydrogens (tertiary/aromatic N) is 2. The van der Waals surface area contributed by atoms with Gasteiger partial charge in [0.15, 0.2) is 0 Å². The van der Waals surface area contributed by atoms with Crippen LogP contribution in [0.2, 0.25) is 0 Å². The summed E-state index contributed by atoms with van der Waals surface area (Å²) in [5, 5.41) is 7.81. The Morgan fingerprint density at radius 3 is 2.81 bits per heavy atom. The zero-order valence-corrected chi connectivity index (χ0v) is 12.7. The average molecular weight is 285 g/mol. The molecule has 0 bridgehead atoms. The first kappa shape index (κ1) is 14.3. The molecule has 4 heteroatoms. The van der Waals surface area contributed by atoms with Crippen LogP contribution in [0.5, 0.6) is 0 Å². The van der Waals surface area contributed by atoms with Gasteiger partial charge in [0, 0.05) is 37.8 Å². The highest BCUT2D eigenvalue weighted by Crippen LogP contribution is 2.22. The van der Waals surface area contributed by atoms with Gasteiger partial charge in [-0.05, 0) is 18.9 Å². The first-order valence-corrected chi connectivity index (χ1v) is 7.71. The molecule has 2 atom stereocenters. The second-order valence-electron chi connectivity index (χ2n) is 5.79. The molecule has 112 valence electrons. The normalized spacial score (nSPS) is 23.3. The van der Waals surface area contributed by atoms with Gasteiger partial charge in [-0.1, -0.05) is 42.4 Å². The van der Waals surface area contributed by atoms with Crippen LogP contribution < -0.4 is 5.32 Å². The average Bonchev–Trinajstić information content (AvgIpc) is 2.93. The van der Waals surface area contributed by atoms with Crippen LogP contribution in [0.4, 0.5) is 0 Å². The molecule has 1 aromatic carbocycles. The van der Waals surface area contributed by atoms with Crippen LogP contribution in [-0.4, -0.2) is 29.2 Å². The third kappa shape index (κ3) is 3.34. The summed E-state index contributed by atoms with van der Waals surface area (Å²) in [5.74, 6) is 0.882. The molecule has 2 unspecified atom stereocenters. The maximum absolute atomic E-state index is 5.19. The third-order valence-corrected chi connectivity index (χ3v) is 4.25. The summed E-state index contributed by atoms with van der Waals surface area (Å²) < 4.78 is 5.19. The van der Waals surface area contributed by atoms with E-state index in [4.69, 9.17) is 4.52 Å². The minimum atomic E-state index is 0.391. The lowest BCUT2D eigenvalue weighted by Crippen LogP contribution is -2.51. The lowest BCUT2D eigenvalue weighted by molar-refractivity contribution is 0.116. The van der Waals surface area contributed by atoms with Crippen LogP contribution >= 0.6 is 0 Å². The quantitative estimate of drug-likeness (QED) is 0.938. The Balaban J connectivity index is 1.72. The largest absolute Gasteiger partial charge is 0.361 e. The number of piperazine rings is 1. The first-order chi connectivity index (χ1) is 10.3. The van der Waals surface area contributed by atoms with Gasteiger partial charge < -0.3 is 9.84 Å². The van der Waals surface area contributed by atoms with E-state index in [1.165, 1.54) is 5.56 Å². The molecule has 0 aliphatic carbocycles. The number of hydrogen-bond acceptors (Lipinski definition) is 4. The number of rotatable bonds is 4. The van der Waals surface area contributed by atoms with E-state index in [1.807, 2.05) is 13.0 Å². The zero-order chi connectivity index (χ0) is 14.7. The van der Waals surface area contributed by atoms with Crippen molar-refractivity contribution >= 4 is 0 Å². The molecule has 3 rings (SSSR count). The molecule has 0 amide bonds. The molecule has 1 saturated heterocycles. The van der Waals surface area contributed by atoms with Crippen LogP contribution in [0.3, 0.4) is 0 Å². The molecule has 4 nitrogen and oxygen atoms in total. The second-order valence-corrected chi connectivity index (χ2v) is 5.79. The molecule has 1 N–H and O–H groups in total. The molecule has 0 spiro atoms. The summed E-state index contributed by atoms with van der Waals surface area (Å²) in [4.78, 5) is 2.52. The van der Waals surface area contributed by atoms with Crippen molar-refractivity contribution in [1.82, 2.24) is 15.4 Å². The van der Waals surface area contributed by atoms with Crippen molar-refractivity contribution in [2.24, 2.45) is 0 Å². The maximum atomic E-state index is 5.19. The summed E-state index contributed by atoms with van der Waals surface area (Å²) in [6.07, 6.45) is 1.14. The summed E-state index contributed by atoms with van der Waals surface area (Å²) in [5.41, 5.74) is 2.38. The van der Waals surface area contributed by atoms with Gasteiger partial charge in [0.25, 0.3) is 0 Å². The fourth-order valence-corrected chi connectivity index (χ4v) is 3.06. The van der Waals surface area contributed by atoms with Gasteiger partial charge in [-0.25, -0.2) is 0 Å². The number of aromatic nitrogens is 1. The van der Waals surface area contributed by atoms with Crippen molar-refractivity contribution in [3.8, 4) is 0 Å². The van der Waals surface area contributed by atoms with Gasteiger partial charge in [-0.3, -0.25) is 4.90 Å². The predicted octanol–water partition coefficient (Wildman–Crippen LogP) is 2.91. The van der Waals surface area contributed by atoms with E-state index in [0.717, 1.165) is 37.5 Å².